The highest BCUT2D eigenvalue weighted by molar-refractivity contribution is 6.08. The van der Waals surface area contributed by atoms with E-state index in [9.17, 15) is 4.79 Å². The van der Waals surface area contributed by atoms with Gasteiger partial charge in [-0.1, -0.05) is 42.5 Å². The first-order valence-electron chi connectivity index (χ1n) is 8.70. The molecule has 0 aromatic heterocycles. The minimum absolute atomic E-state index is 0.0322. The first-order valence-corrected chi connectivity index (χ1v) is 8.70. The highest BCUT2D eigenvalue weighted by atomic mass is 16.1. The molecule has 130 valence electrons. The molecule has 0 saturated carbocycles. The normalized spacial score (nSPS) is 17.2. The molecule has 3 heteroatoms. The summed E-state index contributed by atoms with van der Waals surface area (Å²) in [5.41, 5.74) is 5.25. The molecule has 0 amide bonds. The summed E-state index contributed by atoms with van der Waals surface area (Å²) in [5, 5.41) is 3.56. The molecule has 0 radical (unpaired) electrons. The molecule has 0 fully saturated rings. The van der Waals surface area contributed by atoms with Crippen molar-refractivity contribution < 1.29 is 4.79 Å². The molecule has 1 N–H and O–H groups in total. The summed E-state index contributed by atoms with van der Waals surface area (Å²) in [4.78, 5) is 14.8. The van der Waals surface area contributed by atoms with Gasteiger partial charge in [-0.2, -0.15) is 0 Å². The number of carbonyl (C=O) groups excluding carboxylic acids is 1. The van der Waals surface area contributed by atoms with Crippen molar-refractivity contribution in [2.45, 2.75) is 32.4 Å². The number of fused-ring (bicyclic) bond motifs is 1. The molecule has 0 aliphatic carbocycles. The molecule has 0 unspecified atom stereocenters. The average molecular weight is 334 g/mol. The van der Waals surface area contributed by atoms with E-state index < -0.39 is 0 Å². The van der Waals surface area contributed by atoms with Gasteiger partial charge >= 0.3 is 0 Å². The van der Waals surface area contributed by atoms with Gasteiger partial charge in [-0.05, 0) is 51.6 Å². The number of allylic oxidation sites excluding steroid dienone is 1. The van der Waals surface area contributed by atoms with Gasteiger partial charge in [0.2, 0.25) is 0 Å². The van der Waals surface area contributed by atoms with Crippen molar-refractivity contribution in [3.8, 4) is 0 Å². The fourth-order valence-electron chi connectivity index (χ4n) is 3.37. The Balaban J connectivity index is 2.01. The molecule has 1 aliphatic rings. The van der Waals surface area contributed by atoms with Crippen LogP contribution in [0.5, 0.6) is 0 Å². The average Bonchev–Trinajstić information content (AvgIpc) is 2.55. The summed E-state index contributed by atoms with van der Waals surface area (Å²) in [7, 11) is 4.13. The van der Waals surface area contributed by atoms with Gasteiger partial charge in [0, 0.05) is 35.0 Å². The number of nitrogens with one attached hydrogen (secondary N) is 1. The molecule has 25 heavy (non-hydrogen) atoms. The van der Waals surface area contributed by atoms with Crippen molar-refractivity contribution in [1.82, 2.24) is 10.2 Å². The second-order valence-electron chi connectivity index (χ2n) is 7.70. The van der Waals surface area contributed by atoms with Gasteiger partial charge in [0.1, 0.15) is 0 Å². The van der Waals surface area contributed by atoms with E-state index in [4.69, 9.17) is 0 Å². The van der Waals surface area contributed by atoms with E-state index in [2.05, 4.69) is 56.4 Å². The number of nitrogens with zero attached hydrogens (tertiary/aromatic N) is 1. The SMILES string of the molecule is CN(C)Cc1ccc2c(c1)/C(=C/C(=O)c1ccccc1)NC(C)(C)C2. The van der Waals surface area contributed by atoms with Crippen LogP contribution in [0.3, 0.4) is 0 Å². The molecule has 3 rings (SSSR count). The predicted octanol–water partition coefficient (Wildman–Crippen LogP) is 3.90. The zero-order valence-corrected chi connectivity index (χ0v) is 15.5. The molecule has 1 aliphatic heterocycles. The largest absolute Gasteiger partial charge is 0.379 e. The molecule has 0 spiro atoms. The van der Waals surface area contributed by atoms with Crippen molar-refractivity contribution in [3.63, 3.8) is 0 Å². The maximum Gasteiger partial charge on any atom is 0.187 e. The second kappa shape index (κ2) is 6.85. The first-order chi connectivity index (χ1) is 11.8. The fraction of sp³-hybridized carbons (Fsp3) is 0.318. The van der Waals surface area contributed by atoms with E-state index in [1.54, 1.807) is 6.08 Å². The standard InChI is InChI=1S/C22H26N2O/c1-22(2)14-18-11-10-16(15-24(3)4)12-19(18)20(23-22)13-21(25)17-8-6-5-7-9-17/h5-13,23H,14-15H2,1-4H3/b20-13-. The maximum absolute atomic E-state index is 12.7. The Bertz CT molecular complexity index is 804. The van der Waals surface area contributed by atoms with Crippen molar-refractivity contribution in [2.24, 2.45) is 0 Å². The highest BCUT2D eigenvalue weighted by Gasteiger charge is 2.28. The summed E-state index contributed by atoms with van der Waals surface area (Å²) < 4.78 is 0. The summed E-state index contributed by atoms with van der Waals surface area (Å²) in [6.07, 6.45) is 2.69. The van der Waals surface area contributed by atoms with E-state index in [-0.39, 0.29) is 11.3 Å². The molecule has 0 atom stereocenters. The van der Waals surface area contributed by atoms with Crippen molar-refractivity contribution in [2.75, 3.05) is 14.1 Å². The quantitative estimate of drug-likeness (QED) is 0.680. The van der Waals surface area contributed by atoms with Crippen LogP contribution >= 0.6 is 0 Å². The van der Waals surface area contributed by atoms with Crippen LogP contribution in [-0.2, 0) is 13.0 Å². The zero-order valence-electron chi connectivity index (χ0n) is 15.5. The van der Waals surface area contributed by atoms with Gasteiger partial charge in [-0.3, -0.25) is 4.79 Å². The summed E-state index contributed by atoms with van der Waals surface area (Å²) in [6, 6.07) is 16.0. The lowest BCUT2D eigenvalue weighted by Gasteiger charge is -2.36. The van der Waals surface area contributed by atoms with Crippen LogP contribution in [0.15, 0.2) is 54.6 Å². The van der Waals surface area contributed by atoms with E-state index in [1.807, 2.05) is 30.3 Å². The Morgan fingerprint density at radius 1 is 1.16 bits per heavy atom. The smallest absolute Gasteiger partial charge is 0.187 e. The van der Waals surface area contributed by atoms with Gasteiger partial charge in [0.05, 0.1) is 0 Å². The third-order valence-corrected chi connectivity index (χ3v) is 4.40. The molecule has 2 aromatic rings. The summed E-state index contributed by atoms with van der Waals surface area (Å²) in [5.74, 6) is 0.0322. The maximum atomic E-state index is 12.7. The molecular formula is C22H26N2O. The van der Waals surface area contributed by atoms with Gasteiger partial charge in [0.15, 0.2) is 5.78 Å². The fourth-order valence-corrected chi connectivity index (χ4v) is 3.37. The first kappa shape index (κ1) is 17.4. The number of carbonyl (C=O) groups is 1. The zero-order chi connectivity index (χ0) is 18.0. The van der Waals surface area contributed by atoms with Gasteiger partial charge in [-0.25, -0.2) is 0 Å². The molecule has 0 saturated heterocycles. The molecule has 2 aromatic carbocycles. The van der Waals surface area contributed by atoms with Crippen LogP contribution in [0.4, 0.5) is 0 Å². The van der Waals surface area contributed by atoms with E-state index in [0.717, 1.165) is 24.2 Å². The van der Waals surface area contributed by atoms with Crippen LogP contribution in [0.1, 0.15) is 40.9 Å². The number of hydrogen-bond donors (Lipinski definition) is 1. The third-order valence-electron chi connectivity index (χ3n) is 4.40. The van der Waals surface area contributed by atoms with Gasteiger partial charge in [0.25, 0.3) is 0 Å². The van der Waals surface area contributed by atoms with Crippen LogP contribution in [0, 0.1) is 0 Å². The van der Waals surface area contributed by atoms with E-state index in [0.29, 0.717) is 5.56 Å². The molecule has 0 bridgehead atoms. The Morgan fingerprint density at radius 2 is 1.88 bits per heavy atom. The van der Waals surface area contributed by atoms with Crippen molar-refractivity contribution in [3.05, 3.63) is 76.9 Å². The minimum Gasteiger partial charge on any atom is -0.379 e. The Hall–Kier alpha value is -2.39. The summed E-state index contributed by atoms with van der Waals surface area (Å²) >= 11 is 0. The molecule has 3 nitrogen and oxygen atoms in total. The van der Waals surface area contributed by atoms with Crippen LogP contribution in [0.2, 0.25) is 0 Å². The summed E-state index contributed by atoms with van der Waals surface area (Å²) in [6.45, 7) is 5.23. The van der Waals surface area contributed by atoms with Crippen LogP contribution in [-0.4, -0.2) is 30.3 Å². The lowest BCUT2D eigenvalue weighted by Crippen LogP contribution is -2.44. The number of benzene rings is 2. The number of hydrogen-bond acceptors (Lipinski definition) is 3. The van der Waals surface area contributed by atoms with E-state index in [1.165, 1.54) is 11.1 Å². The molecular weight excluding hydrogens is 308 g/mol. The number of ketones is 1. The monoisotopic (exact) mass is 334 g/mol. The highest BCUT2D eigenvalue weighted by Crippen LogP contribution is 2.31. The minimum atomic E-state index is -0.0706. The Kier molecular flexibility index (Phi) is 4.78. The Morgan fingerprint density at radius 3 is 2.56 bits per heavy atom. The lowest BCUT2D eigenvalue weighted by atomic mass is 9.84. The van der Waals surface area contributed by atoms with Gasteiger partial charge < -0.3 is 10.2 Å². The Labute approximate surface area is 150 Å². The van der Waals surface area contributed by atoms with Crippen molar-refractivity contribution in [1.29, 1.82) is 0 Å². The van der Waals surface area contributed by atoms with Crippen LogP contribution in [0.25, 0.3) is 5.70 Å². The third kappa shape index (κ3) is 4.18. The topological polar surface area (TPSA) is 32.3 Å². The lowest BCUT2D eigenvalue weighted by molar-refractivity contribution is 0.104. The van der Waals surface area contributed by atoms with Gasteiger partial charge in [-0.15, -0.1) is 0 Å². The predicted molar refractivity (Wildman–Crippen MR) is 104 cm³/mol. The van der Waals surface area contributed by atoms with Crippen LogP contribution < -0.4 is 5.32 Å². The van der Waals surface area contributed by atoms with E-state index >= 15 is 0 Å². The molecule has 1 heterocycles. The number of rotatable bonds is 4. The second-order valence-corrected chi connectivity index (χ2v) is 7.70. The van der Waals surface area contributed by atoms with Crippen molar-refractivity contribution >= 4 is 11.5 Å².